The maximum atomic E-state index is 12.2. The summed E-state index contributed by atoms with van der Waals surface area (Å²) in [5.74, 6) is 0.568. The predicted octanol–water partition coefficient (Wildman–Crippen LogP) is 3.24. The second-order valence-corrected chi connectivity index (χ2v) is 6.37. The first-order valence-corrected chi connectivity index (χ1v) is 7.90. The Morgan fingerprint density at radius 1 is 1.52 bits per heavy atom. The molecular formula is C16H21ClF2N2O2. The molecule has 128 valence electrons. The number of carbonyl (C=O) groups excluding carboxylic acids is 1. The van der Waals surface area contributed by atoms with Crippen molar-refractivity contribution in [1.82, 2.24) is 9.80 Å². The van der Waals surface area contributed by atoms with Gasteiger partial charge in [0.25, 0.3) is 0 Å². The Morgan fingerprint density at radius 2 is 2.26 bits per heavy atom. The third kappa shape index (κ3) is 5.32. The molecule has 1 aromatic rings. The summed E-state index contributed by atoms with van der Waals surface area (Å²) in [6.07, 6.45) is 1.01. The van der Waals surface area contributed by atoms with Gasteiger partial charge in [-0.15, -0.1) is 0 Å². The minimum atomic E-state index is -2.88. The number of benzene rings is 1. The molecule has 0 N–H and O–H groups in total. The fourth-order valence-electron chi connectivity index (χ4n) is 2.92. The van der Waals surface area contributed by atoms with Crippen LogP contribution in [-0.4, -0.2) is 49.0 Å². The first kappa shape index (κ1) is 17.9. The molecule has 1 fully saturated rings. The van der Waals surface area contributed by atoms with Crippen LogP contribution in [0.1, 0.15) is 18.9 Å². The molecule has 1 amide bonds. The maximum Gasteiger partial charge on any atom is 0.387 e. The van der Waals surface area contributed by atoms with Gasteiger partial charge in [-0.2, -0.15) is 8.78 Å². The molecule has 0 spiro atoms. The van der Waals surface area contributed by atoms with Crippen LogP contribution in [0.15, 0.2) is 18.2 Å². The van der Waals surface area contributed by atoms with Crippen molar-refractivity contribution >= 4 is 17.5 Å². The average Bonchev–Trinajstić information content (AvgIpc) is 2.90. The molecule has 2 rings (SSSR count). The van der Waals surface area contributed by atoms with E-state index in [0.29, 0.717) is 12.5 Å². The number of halogens is 3. The third-order valence-corrected chi connectivity index (χ3v) is 4.26. The topological polar surface area (TPSA) is 32.8 Å². The minimum absolute atomic E-state index is 0.0130. The molecule has 1 saturated heterocycles. The van der Waals surface area contributed by atoms with E-state index in [0.717, 1.165) is 31.6 Å². The van der Waals surface area contributed by atoms with Crippen LogP contribution in [0.3, 0.4) is 0 Å². The Labute approximate surface area is 140 Å². The Hall–Kier alpha value is -1.40. The van der Waals surface area contributed by atoms with Crippen LogP contribution in [0.25, 0.3) is 0 Å². The highest BCUT2D eigenvalue weighted by Gasteiger charge is 2.25. The fraction of sp³-hybridized carbons (Fsp3) is 0.562. The predicted molar refractivity (Wildman–Crippen MR) is 84.8 cm³/mol. The number of ether oxygens (including phenoxy) is 1. The minimum Gasteiger partial charge on any atom is -0.433 e. The fourth-order valence-corrected chi connectivity index (χ4v) is 3.17. The van der Waals surface area contributed by atoms with Crippen molar-refractivity contribution in [3.8, 4) is 5.75 Å². The first-order valence-electron chi connectivity index (χ1n) is 7.52. The SMILES string of the molecule is CC(=O)N1CC[C@H](CN(C)Cc2ccc(OC(F)F)c(Cl)c2)C1. The van der Waals surface area contributed by atoms with E-state index in [9.17, 15) is 13.6 Å². The Morgan fingerprint density at radius 3 is 2.83 bits per heavy atom. The van der Waals surface area contributed by atoms with Gasteiger partial charge in [-0.3, -0.25) is 4.79 Å². The van der Waals surface area contributed by atoms with Gasteiger partial charge in [0, 0.05) is 33.1 Å². The number of likely N-dealkylation sites (tertiary alicyclic amines) is 1. The molecule has 0 bridgehead atoms. The van der Waals surface area contributed by atoms with E-state index in [1.54, 1.807) is 19.1 Å². The summed E-state index contributed by atoms with van der Waals surface area (Å²) in [6, 6.07) is 4.84. The molecule has 0 aliphatic carbocycles. The van der Waals surface area contributed by atoms with Crippen molar-refractivity contribution < 1.29 is 18.3 Å². The van der Waals surface area contributed by atoms with Gasteiger partial charge in [-0.1, -0.05) is 17.7 Å². The Bertz CT molecular complexity index is 557. The lowest BCUT2D eigenvalue weighted by atomic mass is 10.1. The van der Waals surface area contributed by atoms with Gasteiger partial charge >= 0.3 is 6.61 Å². The molecule has 1 aromatic carbocycles. The van der Waals surface area contributed by atoms with Crippen molar-refractivity contribution in [2.45, 2.75) is 26.5 Å². The largest absolute Gasteiger partial charge is 0.433 e. The zero-order valence-electron chi connectivity index (χ0n) is 13.3. The van der Waals surface area contributed by atoms with Crippen molar-refractivity contribution in [2.75, 3.05) is 26.7 Å². The van der Waals surface area contributed by atoms with Crippen molar-refractivity contribution in [3.05, 3.63) is 28.8 Å². The summed E-state index contributed by atoms with van der Waals surface area (Å²) in [7, 11) is 1.99. The smallest absolute Gasteiger partial charge is 0.387 e. The summed E-state index contributed by atoms with van der Waals surface area (Å²) in [6.45, 7) is 1.85. The molecule has 1 atom stereocenters. The normalized spacial score (nSPS) is 18.0. The molecule has 1 heterocycles. The average molecular weight is 347 g/mol. The van der Waals surface area contributed by atoms with Crippen molar-refractivity contribution in [1.29, 1.82) is 0 Å². The monoisotopic (exact) mass is 346 g/mol. The van der Waals surface area contributed by atoms with Gasteiger partial charge < -0.3 is 14.5 Å². The van der Waals surface area contributed by atoms with Gasteiger partial charge in [-0.05, 0) is 37.1 Å². The van der Waals surface area contributed by atoms with Crippen LogP contribution in [0, 0.1) is 5.92 Å². The van der Waals surface area contributed by atoms with Crippen molar-refractivity contribution in [3.63, 3.8) is 0 Å². The summed E-state index contributed by atoms with van der Waals surface area (Å²) in [5.41, 5.74) is 0.931. The molecule has 1 aliphatic heterocycles. The van der Waals surface area contributed by atoms with Crippen molar-refractivity contribution in [2.24, 2.45) is 5.92 Å². The molecule has 0 aromatic heterocycles. The van der Waals surface area contributed by atoms with E-state index in [-0.39, 0.29) is 16.7 Å². The van der Waals surface area contributed by atoms with E-state index in [4.69, 9.17) is 11.6 Å². The van der Waals surface area contributed by atoms with E-state index in [1.165, 1.54) is 6.07 Å². The Kier molecular flexibility index (Phi) is 6.18. The van der Waals surface area contributed by atoms with Crippen LogP contribution >= 0.6 is 11.6 Å². The second kappa shape index (κ2) is 7.93. The van der Waals surface area contributed by atoms with Gasteiger partial charge in [-0.25, -0.2) is 0 Å². The molecule has 1 aliphatic rings. The lowest BCUT2D eigenvalue weighted by Crippen LogP contribution is -2.30. The molecule has 7 heteroatoms. The third-order valence-electron chi connectivity index (χ3n) is 3.97. The number of carbonyl (C=O) groups is 1. The summed E-state index contributed by atoms with van der Waals surface area (Å²) in [5, 5.41) is 0.180. The lowest BCUT2D eigenvalue weighted by Gasteiger charge is -2.21. The van der Waals surface area contributed by atoms with E-state index in [1.807, 2.05) is 11.9 Å². The first-order chi connectivity index (χ1) is 10.8. The highest BCUT2D eigenvalue weighted by atomic mass is 35.5. The molecule has 0 saturated carbocycles. The summed E-state index contributed by atoms with van der Waals surface area (Å²) < 4.78 is 28.8. The van der Waals surface area contributed by atoms with Gasteiger partial charge in [0.05, 0.1) is 5.02 Å². The summed E-state index contributed by atoms with van der Waals surface area (Å²) in [4.78, 5) is 15.4. The molecule has 0 unspecified atom stereocenters. The van der Waals surface area contributed by atoms with Gasteiger partial charge in [0.2, 0.25) is 5.91 Å². The highest BCUT2D eigenvalue weighted by Crippen LogP contribution is 2.27. The van der Waals surface area contributed by atoms with Crippen LogP contribution < -0.4 is 4.74 Å². The van der Waals surface area contributed by atoms with Crippen LogP contribution in [0.2, 0.25) is 5.02 Å². The van der Waals surface area contributed by atoms with Crippen LogP contribution in [0.4, 0.5) is 8.78 Å². The number of rotatable bonds is 6. The van der Waals surface area contributed by atoms with Crippen LogP contribution in [0.5, 0.6) is 5.75 Å². The summed E-state index contributed by atoms with van der Waals surface area (Å²) >= 11 is 5.96. The Balaban J connectivity index is 1.87. The number of nitrogens with zero attached hydrogens (tertiary/aromatic N) is 2. The number of hydrogen-bond donors (Lipinski definition) is 0. The maximum absolute atomic E-state index is 12.2. The highest BCUT2D eigenvalue weighted by molar-refractivity contribution is 6.32. The van der Waals surface area contributed by atoms with Gasteiger partial charge in [0.15, 0.2) is 0 Å². The second-order valence-electron chi connectivity index (χ2n) is 5.96. The molecule has 23 heavy (non-hydrogen) atoms. The lowest BCUT2D eigenvalue weighted by molar-refractivity contribution is -0.127. The zero-order valence-corrected chi connectivity index (χ0v) is 14.0. The number of hydrogen-bond acceptors (Lipinski definition) is 3. The van der Waals surface area contributed by atoms with Crippen LogP contribution in [-0.2, 0) is 11.3 Å². The van der Waals surface area contributed by atoms with E-state index >= 15 is 0 Å². The quantitative estimate of drug-likeness (QED) is 0.792. The number of amides is 1. The molecular weight excluding hydrogens is 326 g/mol. The standard InChI is InChI=1S/C16H21ClF2N2O2/c1-11(22)21-6-5-13(10-21)9-20(2)8-12-3-4-15(14(17)7-12)23-16(18)19/h3-4,7,13,16H,5-6,8-10H2,1-2H3/t13-/m1/s1. The number of alkyl halides is 2. The van der Waals surface area contributed by atoms with E-state index in [2.05, 4.69) is 9.64 Å². The molecule has 4 nitrogen and oxygen atoms in total. The van der Waals surface area contributed by atoms with Gasteiger partial charge in [0.1, 0.15) is 5.75 Å². The van der Waals surface area contributed by atoms with E-state index < -0.39 is 6.61 Å². The zero-order chi connectivity index (χ0) is 17.0. The molecule has 0 radical (unpaired) electrons.